The third-order valence-electron chi connectivity index (χ3n) is 12.6. The maximum atomic E-state index is 5.36. The third kappa shape index (κ3) is 6.50. The summed E-state index contributed by atoms with van der Waals surface area (Å²) < 4.78 is 2.39. The van der Waals surface area contributed by atoms with E-state index in [2.05, 4.69) is 258 Å². The lowest BCUT2D eigenvalue weighted by Gasteiger charge is -2.27. The number of nitrogens with zero attached hydrogens (tertiary/aromatic N) is 3. The molecule has 300 valence electrons. The largest absolute Gasteiger partial charge is 0.310 e. The monoisotopic (exact) mass is 815 g/mol. The quantitative estimate of drug-likeness (QED) is 0.142. The van der Waals surface area contributed by atoms with Gasteiger partial charge in [-0.1, -0.05) is 182 Å². The molecule has 0 spiro atoms. The molecule has 2 aromatic heterocycles. The number of fused-ring (bicyclic) bond motifs is 7. The molecule has 0 saturated carbocycles. The first-order chi connectivity index (χ1) is 31.7. The van der Waals surface area contributed by atoms with Crippen molar-refractivity contribution < 1.29 is 0 Å². The highest BCUT2D eigenvalue weighted by Gasteiger charge is 2.20. The van der Waals surface area contributed by atoms with Crippen LogP contribution in [0.2, 0.25) is 0 Å². The van der Waals surface area contributed by atoms with Gasteiger partial charge in [-0.2, -0.15) is 0 Å². The fraction of sp³-hybridized carbons (Fsp3) is 0. The van der Waals surface area contributed by atoms with Gasteiger partial charge in [-0.25, -0.2) is 4.98 Å². The highest BCUT2D eigenvalue weighted by atomic mass is 15.1. The van der Waals surface area contributed by atoms with E-state index in [-0.39, 0.29) is 0 Å². The smallest absolute Gasteiger partial charge is 0.0788 e. The van der Waals surface area contributed by atoms with E-state index in [4.69, 9.17) is 4.98 Å². The molecule has 3 heteroatoms. The number of pyridine rings is 1. The molecule has 0 aliphatic carbocycles. The summed E-state index contributed by atoms with van der Waals surface area (Å²) in [7, 11) is 0. The molecule has 0 amide bonds. The molecule has 0 unspecified atom stereocenters. The van der Waals surface area contributed by atoms with E-state index in [1.54, 1.807) is 0 Å². The Labute approximate surface area is 372 Å². The third-order valence-corrected chi connectivity index (χ3v) is 12.6. The lowest BCUT2D eigenvalue weighted by Crippen LogP contribution is -2.10. The minimum Gasteiger partial charge on any atom is -0.310 e. The molecule has 0 aliphatic rings. The Balaban J connectivity index is 0.940. The molecule has 2 heterocycles. The molecule has 10 aromatic carbocycles. The van der Waals surface area contributed by atoms with E-state index in [9.17, 15) is 0 Å². The second-order valence-electron chi connectivity index (χ2n) is 16.3. The van der Waals surface area contributed by atoms with Crippen molar-refractivity contribution in [3.05, 3.63) is 249 Å². The Kier molecular flexibility index (Phi) is 9.16. The van der Waals surface area contributed by atoms with Crippen molar-refractivity contribution in [2.45, 2.75) is 0 Å². The first-order valence-corrected chi connectivity index (χ1v) is 21.9. The first-order valence-electron chi connectivity index (χ1n) is 21.9. The van der Waals surface area contributed by atoms with E-state index in [0.717, 1.165) is 61.4 Å². The summed E-state index contributed by atoms with van der Waals surface area (Å²) in [5.41, 5.74) is 16.9. The topological polar surface area (TPSA) is 21.1 Å². The fourth-order valence-corrected chi connectivity index (χ4v) is 9.56. The SMILES string of the molecule is c1ccc(-c2cccc(N(c3ccc(-c4ccc(-c5nc6ccccc6c6c5ccc5c6c6ccccc6n5-c5ccccc5)cc4)cc3)c3cccc(-c4ccccc4)c3)c2)cc1. The van der Waals surface area contributed by atoms with Crippen LogP contribution in [-0.2, 0) is 0 Å². The van der Waals surface area contributed by atoms with Gasteiger partial charge in [0.2, 0.25) is 0 Å². The number of aromatic nitrogens is 2. The molecule has 0 N–H and O–H groups in total. The van der Waals surface area contributed by atoms with Crippen LogP contribution in [0.25, 0.3) is 93.8 Å². The number of rotatable bonds is 8. The molecule has 3 nitrogen and oxygen atoms in total. The Morgan fingerprint density at radius 3 is 1.44 bits per heavy atom. The van der Waals surface area contributed by atoms with Crippen LogP contribution in [-0.4, -0.2) is 9.55 Å². The number of benzene rings is 10. The standard InChI is InChI=1S/C61H41N3/c1-4-16-42(17-5-1)47-20-14-24-51(40-47)63(52-25-15-21-48(41-52)43-18-6-2-7-19-43)50-36-34-45(35-37-50)44-30-32-46(33-31-44)61-55-38-39-58-60(59(55)53-26-10-12-28-56(53)62-61)54-27-11-13-29-57(54)64(58)49-22-8-3-9-23-49/h1-41H. The second kappa shape index (κ2) is 15.7. The molecule has 12 aromatic rings. The first kappa shape index (κ1) is 37.2. The molecule has 0 radical (unpaired) electrons. The fourth-order valence-electron chi connectivity index (χ4n) is 9.56. The highest BCUT2D eigenvalue weighted by Crippen LogP contribution is 2.43. The van der Waals surface area contributed by atoms with Gasteiger partial charge in [0.05, 0.1) is 22.2 Å². The predicted molar refractivity (Wildman–Crippen MR) is 270 cm³/mol. The van der Waals surface area contributed by atoms with Gasteiger partial charge < -0.3 is 9.47 Å². The predicted octanol–water partition coefficient (Wildman–Crippen LogP) is 16.6. The average Bonchev–Trinajstić information content (AvgIpc) is 3.72. The maximum Gasteiger partial charge on any atom is 0.0788 e. The van der Waals surface area contributed by atoms with E-state index < -0.39 is 0 Å². The van der Waals surface area contributed by atoms with Crippen molar-refractivity contribution in [1.29, 1.82) is 0 Å². The summed E-state index contributed by atoms with van der Waals surface area (Å²) in [5.74, 6) is 0. The minimum absolute atomic E-state index is 0.986. The molecule has 0 fully saturated rings. The molecular weight excluding hydrogens is 775 g/mol. The summed E-state index contributed by atoms with van der Waals surface area (Å²) in [5, 5.41) is 6.02. The summed E-state index contributed by atoms with van der Waals surface area (Å²) >= 11 is 0. The van der Waals surface area contributed by atoms with Crippen molar-refractivity contribution in [3.63, 3.8) is 0 Å². The summed E-state index contributed by atoms with van der Waals surface area (Å²) in [6.45, 7) is 0. The van der Waals surface area contributed by atoms with Gasteiger partial charge in [0.1, 0.15) is 0 Å². The molecule has 0 saturated heterocycles. The van der Waals surface area contributed by atoms with E-state index in [1.165, 1.54) is 49.4 Å². The summed E-state index contributed by atoms with van der Waals surface area (Å²) in [6, 6.07) is 89.3. The summed E-state index contributed by atoms with van der Waals surface area (Å²) in [4.78, 5) is 7.71. The number of hydrogen-bond acceptors (Lipinski definition) is 2. The van der Waals surface area contributed by atoms with Crippen LogP contribution in [0.5, 0.6) is 0 Å². The molecular formula is C61H41N3. The number of hydrogen-bond donors (Lipinski definition) is 0. The van der Waals surface area contributed by atoms with Crippen molar-refractivity contribution in [2.75, 3.05) is 4.90 Å². The second-order valence-corrected chi connectivity index (χ2v) is 16.3. The zero-order valence-corrected chi connectivity index (χ0v) is 35.0. The zero-order chi connectivity index (χ0) is 42.4. The van der Waals surface area contributed by atoms with Crippen LogP contribution >= 0.6 is 0 Å². The van der Waals surface area contributed by atoms with Crippen molar-refractivity contribution in [3.8, 4) is 50.3 Å². The van der Waals surface area contributed by atoms with Crippen molar-refractivity contribution in [1.82, 2.24) is 9.55 Å². The number of anilines is 3. The molecule has 0 aliphatic heterocycles. The van der Waals surface area contributed by atoms with Gasteiger partial charge in [0.25, 0.3) is 0 Å². The van der Waals surface area contributed by atoms with E-state index >= 15 is 0 Å². The Bertz CT molecular complexity index is 3550. The highest BCUT2D eigenvalue weighted by molar-refractivity contribution is 6.29. The van der Waals surface area contributed by atoms with E-state index in [1.807, 2.05) is 0 Å². The Hall–Kier alpha value is -8.53. The normalized spacial score (nSPS) is 11.4. The van der Waals surface area contributed by atoms with Crippen molar-refractivity contribution in [2.24, 2.45) is 0 Å². The lowest BCUT2D eigenvalue weighted by molar-refractivity contribution is 1.18. The van der Waals surface area contributed by atoms with Crippen LogP contribution in [0, 0.1) is 0 Å². The molecule has 12 rings (SSSR count). The van der Waals surface area contributed by atoms with Gasteiger partial charge in [-0.15, -0.1) is 0 Å². The molecule has 0 atom stereocenters. The van der Waals surface area contributed by atoms with E-state index in [0.29, 0.717) is 0 Å². The Morgan fingerprint density at radius 2 is 0.797 bits per heavy atom. The van der Waals surface area contributed by atoms with Crippen LogP contribution < -0.4 is 4.90 Å². The van der Waals surface area contributed by atoms with Crippen LogP contribution in [0.1, 0.15) is 0 Å². The molecule has 64 heavy (non-hydrogen) atoms. The lowest BCUT2D eigenvalue weighted by atomic mass is 9.95. The number of para-hydroxylation sites is 3. The van der Waals surface area contributed by atoms with Gasteiger partial charge in [0, 0.05) is 55.2 Å². The average molecular weight is 816 g/mol. The van der Waals surface area contributed by atoms with Gasteiger partial charge in [-0.3, -0.25) is 0 Å². The molecule has 0 bridgehead atoms. The minimum atomic E-state index is 0.986. The van der Waals surface area contributed by atoms with Crippen LogP contribution in [0.4, 0.5) is 17.1 Å². The maximum absolute atomic E-state index is 5.36. The zero-order valence-electron chi connectivity index (χ0n) is 35.0. The van der Waals surface area contributed by atoms with Gasteiger partial charge in [0.15, 0.2) is 0 Å². The van der Waals surface area contributed by atoms with Crippen LogP contribution in [0.3, 0.4) is 0 Å². The van der Waals surface area contributed by atoms with Gasteiger partial charge in [-0.05, 0) is 100 Å². The van der Waals surface area contributed by atoms with Crippen LogP contribution in [0.15, 0.2) is 249 Å². The van der Waals surface area contributed by atoms with Crippen molar-refractivity contribution >= 4 is 60.5 Å². The van der Waals surface area contributed by atoms with Gasteiger partial charge >= 0.3 is 0 Å². The Morgan fingerprint density at radius 1 is 0.297 bits per heavy atom. The summed E-state index contributed by atoms with van der Waals surface area (Å²) in [6.07, 6.45) is 0.